The van der Waals surface area contributed by atoms with Crippen LogP contribution in [0.2, 0.25) is 5.15 Å². The Bertz CT molecular complexity index is 862. The Labute approximate surface area is 174 Å². The van der Waals surface area contributed by atoms with Crippen molar-refractivity contribution in [3.05, 3.63) is 39.4 Å². The van der Waals surface area contributed by atoms with Crippen molar-refractivity contribution in [3.63, 3.8) is 0 Å². The number of thiazole rings is 1. The Morgan fingerprint density at radius 3 is 2.86 bits per heavy atom. The summed E-state index contributed by atoms with van der Waals surface area (Å²) in [5, 5.41) is 5.34. The molecule has 1 fully saturated rings. The lowest BCUT2D eigenvalue weighted by Gasteiger charge is -2.25. The third-order valence-corrected chi connectivity index (χ3v) is 6.26. The van der Waals surface area contributed by atoms with E-state index in [1.165, 1.54) is 36.8 Å². The van der Waals surface area contributed by atoms with Crippen molar-refractivity contribution in [1.29, 1.82) is 0 Å². The van der Waals surface area contributed by atoms with E-state index < -0.39 is 6.10 Å². The van der Waals surface area contributed by atoms with Gasteiger partial charge in [-0.15, -0.1) is 0 Å². The molecule has 3 rings (SSSR count). The summed E-state index contributed by atoms with van der Waals surface area (Å²) in [5.74, 6) is 0.373. The summed E-state index contributed by atoms with van der Waals surface area (Å²) in [6.07, 6.45) is 4.48. The molecule has 0 spiro atoms. The molecule has 2 heterocycles. The Kier molecular flexibility index (Phi) is 6.91. The zero-order valence-electron chi connectivity index (χ0n) is 16.4. The number of carbonyl (C=O) groups is 1. The van der Waals surface area contributed by atoms with Gasteiger partial charge in [-0.3, -0.25) is 4.79 Å². The maximum absolute atomic E-state index is 12.3. The number of hydrazone groups is 1. The Balaban J connectivity index is 1.57. The molecule has 0 aliphatic carbocycles. The second-order valence-corrected chi connectivity index (χ2v) is 8.26. The second-order valence-electron chi connectivity index (χ2n) is 6.89. The molecule has 150 valence electrons. The third kappa shape index (κ3) is 5.02. The number of nitrogens with zero attached hydrogens (tertiary/aromatic N) is 3. The summed E-state index contributed by atoms with van der Waals surface area (Å²) < 4.78 is 5.77. The number of amides is 1. The molecule has 1 atom stereocenters. The molecule has 1 aromatic heterocycles. The van der Waals surface area contributed by atoms with Crippen molar-refractivity contribution < 1.29 is 9.53 Å². The highest BCUT2D eigenvalue weighted by atomic mass is 35.5. The van der Waals surface area contributed by atoms with E-state index in [9.17, 15) is 4.79 Å². The summed E-state index contributed by atoms with van der Waals surface area (Å²) in [6, 6.07) is 5.77. The number of anilines is 1. The number of aryl methyl sites for hydroxylation is 1. The van der Waals surface area contributed by atoms with E-state index in [0.717, 1.165) is 34.2 Å². The fourth-order valence-electron chi connectivity index (χ4n) is 2.94. The van der Waals surface area contributed by atoms with Gasteiger partial charge in [0, 0.05) is 13.1 Å². The standard InChI is InChI=1S/C20H25ClN4O2S/c1-13-8-7-9-16(14(13)2)27-15(3)19(26)24-22-12-17-18(21)23-20(28-17)25-10-5-4-6-11-25/h7-9,12,15H,4-6,10-11H2,1-3H3,(H,24,26)/b22-12-/t15-/m0/s1. The first-order chi connectivity index (χ1) is 13.5. The molecule has 1 aromatic carbocycles. The number of ether oxygens (including phenoxy) is 1. The summed E-state index contributed by atoms with van der Waals surface area (Å²) in [5.41, 5.74) is 4.65. The van der Waals surface area contributed by atoms with Crippen LogP contribution in [0.25, 0.3) is 0 Å². The third-order valence-electron chi connectivity index (χ3n) is 4.81. The van der Waals surface area contributed by atoms with Gasteiger partial charge < -0.3 is 9.64 Å². The molecule has 1 aliphatic heterocycles. The number of hydrogen-bond donors (Lipinski definition) is 1. The van der Waals surface area contributed by atoms with Crippen LogP contribution in [-0.2, 0) is 4.79 Å². The zero-order valence-corrected chi connectivity index (χ0v) is 17.9. The minimum absolute atomic E-state index is 0.325. The van der Waals surface area contributed by atoms with Gasteiger partial charge in [-0.25, -0.2) is 10.4 Å². The van der Waals surface area contributed by atoms with Gasteiger partial charge in [0.25, 0.3) is 5.91 Å². The molecular formula is C20H25ClN4O2S. The van der Waals surface area contributed by atoms with Gasteiger partial charge in [0.05, 0.1) is 11.1 Å². The normalized spacial score (nSPS) is 15.6. The lowest BCUT2D eigenvalue weighted by Crippen LogP contribution is -2.33. The molecule has 28 heavy (non-hydrogen) atoms. The summed E-state index contributed by atoms with van der Waals surface area (Å²) in [4.78, 5) is 19.7. The molecule has 2 aromatic rings. The predicted octanol–water partition coefficient (Wildman–Crippen LogP) is 4.32. The van der Waals surface area contributed by atoms with Crippen LogP contribution in [0, 0.1) is 13.8 Å². The largest absolute Gasteiger partial charge is 0.481 e. The number of benzene rings is 1. The highest BCUT2D eigenvalue weighted by Crippen LogP contribution is 2.30. The number of hydrogen-bond acceptors (Lipinski definition) is 6. The number of piperidine rings is 1. The highest BCUT2D eigenvalue weighted by Gasteiger charge is 2.18. The lowest BCUT2D eigenvalue weighted by atomic mass is 10.1. The quantitative estimate of drug-likeness (QED) is 0.558. The molecule has 0 radical (unpaired) electrons. The topological polar surface area (TPSA) is 66.8 Å². The van der Waals surface area contributed by atoms with E-state index >= 15 is 0 Å². The first kappa shape index (κ1) is 20.6. The van der Waals surface area contributed by atoms with E-state index in [1.54, 1.807) is 6.92 Å². The first-order valence-electron chi connectivity index (χ1n) is 9.42. The molecule has 1 N–H and O–H groups in total. The van der Waals surface area contributed by atoms with Crippen LogP contribution in [0.5, 0.6) is 5.75 Å². The molecular weight excluding hydrogens is 396 g/mol. The van der Waals surface area contributed by atoms with E-state index in [1.807, 2.05) is 32.0 Å². The van der Waals surface area contributed by atoms with Gasteiger partial charge in [-0.05, 0) is 57.2 Å². The van der Waals surface area contributed by atoms with Gasteiger partial charge in [-0.1, -0.05) is 35.1 Å². The monoisotopic (exact) mass is 420 g/mol. The fraction of sp³-hybridized carbons (Fsp3) is 0.450. The smallest absolute Gasteiger partial charge is 0.280 e. The van der Waals surface area contributed by atoms with Crippen molar-refractivity contribution in [3.8, 4) is 5.75 Å². The van der Waals surface area contributed by atoms with Gasteiger partial charge in [-0.2, -0.15) is 5.10 Å². The lowest BCUT2D eigenvalue weighted by molar-refractivity contribution is -0.127. The Morgan fingerprint density at radius 2 is 2.11 bits per heavy atom. The predicted molar refractivity (Wildman–Crippen MR) is 115 cm³/mol. The number of aromatic nitrogens is 1. The van der Waals surface area contributed by atoms with E-state index in [4.69, 9.17) is 16.3 Å². The number of halogens is 1. The van der Waals surface area contributed by atoms with Crippen LogP contribution in [0.3, 0.4) is 0 Å². The Morgan fingerprint density at radius 1 is 1.36 bits per heavy atom. The average Bonchev–Trinajstić information content (AvgIpc) is 3.06. The van der Waals surface area contributed by atoms with Crippen LogP contribution in [0.4, 0.5) is 5.13 Å². The number of rotatable bonds is 6. The molecule has 0 bridgehead atoms. The maximum atomic E-state index is 12.3. The van der Waals surface area contributed by atoms with Crippen molar-refractivity contribution in [1.82, 2.24) is 10.4 Å². The van der Waals surface area contributed by atoms with Gasteiger partial charge >= 0.3 is 0 Å². The molecule has 1 saturated heterocycles. The minimum Gasteiger partial charge on any atom is -0.481 e. The van der Waals surface area contributed by atoms with E-state index in [-0.39, 0.29) is 5.91 Å². The fourth-order valence-corrected chi connectivity index (χ4v) is 4.12. The SMILES string of the molecule is Cc1cccc(O[C@@H](C)C(=O)N/N=C\c2sc(N3CCCCC3)nc2Cl)c1C. The number of nitrogens with one attached hydrogen (secondary N) is 1. The zero-order chi connectivity index (χ0) is 20.1. The molecule has 0 unspecified atom stereocenters. The highest BCUT2D eigenvalue weighted by molar-refractivity contribution is 7.17. The van der Waals surface area contributed by atoms with Crippen LogP contribution in [-0.4, -0.2) is 36.3 Å². The number of carbonyl (C=O) groups excluding carboxylic acids is 1. The summed E-state index contributed by atoms with van der Waals surface area (Å²) >= 11 is 7.71. The summed E-state index contributed by atoms with van der Waals surface area (Å²) in [7, 11) is 0. The van der Waals surface area contributed by atoms with E-state index in [2.05, 4.69) is 20.4 Å². The minimum atomic E-state index is -0.668. The second kappa shape index (κ2) is 9.39. The molecule has 0 saturated carbocycles. The maximum Gasteiger partial charge on any atom is 0.280 e. The van der Waals surface area contributed by atoms with Crippen LogP contribution < -0.4 is 15.1 Å². The van der Waals surface area contributed by atoms with Gasteiger partial charge in [0.2, 0.25) is 0 Å². The molecule has 1 aliphatic rings. The van der Waals surface area contributed by atoms with Crippen LogP contribution in [0.1, 0.15) is 42.2 Å². The molecule has 1 amide bonds. The van der Waals surface area contributed by atoms with Crippen molar-refractivity contribution in [2.24, 2.45) is 5.10 Å². The van der Waals surface area contributed by atoms with Crippen LogP contribution in [0.15, 0.2) is 23.3 Å². The first-order valence-corrected chi connectivity index (χ1v) is 10.6. The van der Waals surface area contributed by atoms with Gasteiger partial charge in [0.15, 0.2) is 16.4 Å². The summed E-state index contributed by atoms with van der Waals surface area (Å²) in [6.45, 7) is 7.68. The Hall–Kier alpha value is -2.12. The molecule has 8 heteroatoms. The van der Waals surface area contributed by atoms with Crippen molar-refractivity contribution in [2.75, 3.05) is 18.0 Å². The van der Waals surface area contributed by atoms with Crippen molar-refractivity contribution in [2.45, 2.75) is 46.1 Å². The molecule has 6 nitrogen and oxygen atoms in total. The average molecular weight is 421 g/mol. The van der Waals surface area contributed by atoms with Crippen LogP contribution >= 0.6 is 22.9 Å². The van der Waals surface area contributed by atoms with Crippen molar-refractivity contribution >= 4 is 40.2 Å². The van der Waals surface area contributed by atoms with E-state index in [0.29, 0.717) is 10.9 Å². The van der Waals surface area contributed by atoms with Gasteiger partial charge in [0.1, 0.15) is 5.75 Å².